The van der Waals surface area contributed by atoms with Gasteiger partial charge in [-0.2, -0.15) is 0 Å². The summed E-state index contributed by atoms with van der Waals surface area (Å²) in [5.74, 6) is 1.97. The quantitative estimate of drug-likeness (QED) is 0.206. The lowest BCUT2D eigenvalue weighted by molar-refractivity contribution is -0.858. The topological polar surface area (TPSA) is 40.0 Å². The Kier molecular flexibility index (Phi) is 7.64. The summed E-state index contributed by atoms with van der Waals surface area (Å²) in [7, 11) is 1.69. The third kappa shape index (κ3) is 5.09. The standard InChI is InChI=1S/C37H39BN2O3/c1-41-34-25-23-32(24-26-34)37-39-40(28-30-16-8-3-9-17-30)35(27-22-29-14-6-2-7-15-29)36(31-18-10-4-11-19-31)42-38(40,43-37)33-20-12-5-13-21-33/h2,4-7,10-15,18-27,30,35-36H,3,8-9,16-17,28H2,1H3/b27-22+/t35-,36+,38?,40+/m0/s1. The third-order valence-corrected chi connectivity index (χ3v) is 9.54. The number of hydrogen-bond acceptors (Lipinski definition) is 4. The molecule has 0 spiro atoms. The van der Waals surface area contributed by atoms with Gasteiger partial charge in [0.05, 0.1) is 13.7 Å². The van der Waals surface area contributed by atoms with Crippen molar-refractivity contribution in [2.75, 3.05) is 13.7 Å². The number of fused-ring (bicyclic) bond motifs is 1. The molecule has 4 atom stereocenters. The van der Waals surface area contributed by atoms with E-state index in [0.717, 1.165) is 34.4 Å². The van der Waals surface area contributed by atoms with Crippen LogP contribution in [-0.2, 0) is 9.31 Å². The molecule has 3 aliphatic rings. The molecule has 0 N–H and O–H groups in total. The lowest BCUT2D eigenvalue weighted by Crippen LogP contribution is -2.71. The van der Waals surface area contributed by atoms with Crippen molar-refractivity contribution < 1.29 is 18.5 Å². The molecular weight excluding hydrogens is 531 g/mol. The van der Waals surface area contributed by atoms with Crippen LogP contribution in [0.3, 0.4) is 0 Å². The molecule has 1 aliphatic carbocycles. The molecular formula is C37H39BN2O3. The third-order valence-electron chi connectivity index (χ3n) is 9.54. The van der Waals surface area contributed by atoms with Crippen LogP contribution in [0.1, 0.15) is 54.9 Å². The highest BCUT2D eigenvalue weighted by atomic mass is 16.7. The van der Waals surface area contributed by atoms with Crippen molar-refractivity contribution in [3.05, 3.63) is 138 Å². The Balaban J connectivity index is 1.45. The minimum atomic E-state index is -2.10. The van der Waals surface area contributed by atoms with Gasteiger partial charge in [0.1, 0.15) is 17.9 Å². The molecule has 1 saturated heterocycles. The lowest BCUT2D eigenvalue weighted by Gasteiger charge is -2.47. The van der Waals surface area contributed by atoms with Crippen molar-refractivity contribution in [1.29, 1.82) is 0 Å². The maximum atomic E-state index is 7.41. The zero-order valence-electron chi connectivity index (χ0n) is 24.8. The Morgan fingerprint density at radius 2 is 1.47 bits per heavy atom. The molecule has 2 heterocycles. The molecule has 5 nitrogen and oxygen atoms in total. The molecule has 0 bridgehead atoms. The van der Waals surface area contributed by atoms with Crippen LogP contribution in [0, 0.1) is 5.92 Å². The molecule has 0 amide bonds. The zero-order chi connectivity index (χ0) is 29.1. The SMILES string of the molecule is COc1ccc(C2=N[N@+]3(CC4CCCCC4)[C@@H](/C=C/c4ccccc4)[C@@H](c4ccccc4)O[B-]3(c3ccccc3)O2)cc1. The van der Waals surface area contributed by atoms with Gasteiger partial charge in [-0.15, -0.1) is 0 Å². The van der Waals surface area contributed by atoms with E-state index >= 15 is 0 Å². The van der Waals surface area contributed by atoms with E-state index in [4.69, 9.17) is 19.1 Å². The van der Waals surface area contributed by atoms with E-state index in [2.05, 4.69) is 103 Å². The molecule has 1 saturated carbocycles. The normalized spacial score (nSPS) is 27.0. The first-order valence-electron chi connectivity index (χ1n) is 15.7. The van der Waals surface area contributed by atoms with Crippen LogP contribution in [0.2, 0.25) is 0 Å². The van der Waals surface area contributed by atoms with Crippen molar-refractivity contribution >= 4 is 24.1 Å². The highest BCUT2D eigenvalue weighted by molar-refractivity contribution is 6.77. The van der Waals surface area contributed by atoms with Crippen molar-refractivity contribution in [2.24, 2.45) is 11.0 Å². The van der Waals surface area contributed by atoms with Crippen LogP contribution in [0.15, 0.2) is 126 Å². The van der Waals surface area contributed by atoms with E-state index < -0.39 is 6.69 Å². The first-order valence-corrected chi connectivity index (χ1v) is 15.7. The second kappa shape index (κ2) is 11.9. The Labute approximate surface area is 255 Å². The highest BCUT2D eigenvalue weighted by Crippen LogP contribution is 2.51. The summed E-state index contributed by atoms with van der Waals surface area (Å²) >= 11 is 0. The monoisotopic (exact) mass is 570 g/mol. The summed E-state index contributed by atoms with van der Waals surface area (Å²) in [6.07, 6.45) is 10.6. The molecule has 43 heavy (non-hydrogen) atoms. The van der Waals surface area contributed by atoms with Gasteiger partial charge in [-0.1, -0.05) is 127 Å². The summed E-state index contributed by atoms with van der Waals surface area (Å²) in [6.45, 7) is -1.24. The molecule has 0 aromatic heterocycles. The van der Waals surface area contributed by atoms with Crippen LogP contribution in [0.4, 0.5) is 0 Å². The summed E-state index contributed by atoms with van der Waals surface area (Å²) in [6, 6.07) is 39.6. The predicted molar refractivity (Wildman–Crippen MR) is 174 cm³/mol. The predicted octanol–water partition coefficient (Wildman–Crippen LogP) is 7.48. The van der Waals surface area contributed by atoms with Crippen LogP contribution in [0.5, 0.6) is 5.75 Å². The Morgan fingerprint density at radius 3 is 2.14 bits per heavy atom. The number of benzene rings is 4. The van der Waals surface area contributed by atoms with E-state index in [0.29, 0.717) is 16.3 Å². The summed E-state index contributed by atoms with van der Waals surface area (Å²) in [5.41, 5.74) is 4.28. The van der Waals surface area contributed by atoms with Crippen molar-refractivity contribution in [1.82, 2.24) is 0 Å². The van der Waals surface area contributed by atoms with Crippen LogP contribution >= 0.6 is 0 Å². The van der Waals surface area contributed by atoms with Gasteiger partial charge in [0, 0.05) is 11.5 Å². The number of hydrogen-bond donors (Lipinski definition) is 0. The fourth-order valence-corrected chi connectivity index (χ4v) is 7.44. The second-order valence-electron chi connectivity index (χ2n) is 12.1. The van der Waals surface area contributed by atoms with Crippen LogP contribution in [0.25, 0.3) is 6.08 Å². The zero-order valence-corrected chi connectivity index (χ0v) is 24.8. The Bertz CT molecular complexity index is 1570. The van der Waals surface area contributed by atoms with E-state index in [1.165, 1.54) is 32.1 Å². The molecule has 1 unspecified atom stereocenters. The minimum Gasteiger partial charge on any atom is -0.618 e. The van der Waals surface area contributed by atoms with Crippen molar-refractivity contribution in [3.63, 3.8) is 0 Å². The van der Waals surface area contributed by atoms with E-state index in [1.54, 1.807) is 7.11 Å². The van der Waals surface area contributed by atoms with Crippen LogP contribution in [-0.4, -0.2) is 36.8 Å². The number of ether oxygens (including phenoxy) is 1. The average molecular weight is 571 g/mol. The second-order valence-corrected chi connectivity index (χ2v) is 12.1. The van der Waals surface area contributed by atoms with Gasteiger partial charge in [-0.25, -0.2) is 0 Å². The maximum Gasteiger partial charge on any atom is 0.583 e. The van der Waals surface area contributed by atoms with Gasteiger partial charge in [-0.3, -0.25) is 0 Å². The molecule has 4 aromatic rings. The van der Waals surface area contributed by atoms with E-state index in [9.17, 15) is 0 Å². The van der Waals surface area contributed by atoms with Gasteiger partial charge in [0.25, 0.3) is 0 Å². The van der Waals surface area contributed by atoms with Gasteiger partial charge >= 0.3 is 6.69 Å². The Morgan fingerprint density at radius 1 is 0.814 bits per heavy atom. The summed E-state index contributed by atoms with van der Waals surface area (Å²) in [4.78, 5) is 0. The fraction of sp³-hybridized carbons (Fsp3) is 0.270. The van der Waals surface area contributed by atoms with E-state index in [1.807, 2.05) is 24.3 Å². The molecule has 2 fully saturated rings. The minimum absolute atomic E-state index is 0.0968. The van der Waals surface area contributed by atoms with Gasteiger partial charge in [-0.05, 0) is 54.3 Å². The number of quaternary nitrogens is 1. The Hall–Kier alpha value is -4.13. The van der Waals surface area contributed by atoms with Gasteiger partial charge in [0.2, 0.25) is 5.90 Å². The summed E-state index contributed by atoms with van der Waals surface area (Å²) in [5, 5.41) is 5.66. The first kappa shape index (κ1) is 27.7. The molecule has 0 radical (unpaired) electrons. The van der Waals surface area contributed by atoms with Crippen LogP contribution < -0.4 is 10.2 Å². The van der Waals surface area contributed by atoms with Crippen molar-refractivity contribution in [2.45, 2.75) is 44.2 Å². The largest absolute Gasteiger partial charge is 0.618 e. The number of rotatable bonds is 8. The molecule has 2 aliphatic heterocycles. The molecule has 218 valence electrons. The molecule has 4 aromatic carbocycles. The van der Waals surface area contributed by atoms with Gasteiger partial charge in [0.15, 0.2) is 0 Å². The van der Waals surface area contributed by atoms with E-state index in [-0.39, 0.29) is 12.1 Å². The smallest absolute Gasteiger partial charge is 0.583 e. The highest BCUT2D eigenvalue weighted by Gasteiger charge is 2.70. The van der Waals surface area contributed by atoms with Gasteiger partial charge < -0.3 is 18.5 Å². The average Bonchev–Trinajstić information content (AvgIpc) is 3.54. The molecule has 6 heteroatoms. The lowest BCUT2D eigenvalue weighted by atomic mass is 9.60. The fourth-order valence-electron chi connectivity index (χ4n) is 7.44. The number of methoxy groups -OCH3 is 1. The summed E-state index contributed by atoms with van der Waals surface area (Å²) < 4.78 is 20.4. The van der Waals surface area contributed by atoms with Crippen molar-refractivity contribution in [3.8, 4) is 5.75 Å². The number of nitrogens with zero attached hydrogens (tertiary/aromatic N) is 2. The maximum absolute atomic E-state index is 7.41. The molecule has 7 rings (SSSR count). The first-order chi connectivity index (χ1) is 21.2.